The van der Waals surface area contributed by atoms with Gasteiger partial charge in [0, 0.05) is 19.2 Å². The molecule has 0 amide bonds. The van der Waals surface area contributed by atoms with Crippen molar-refractivity contribution >= 4 is 34.5 Å². The Labute approximate surface area is 206 Å². The summed E-state index contributed by atoms with van der Waals surface area (Å²) in [6.07, 6.45) is 4.62. The predicted octanol–water partition coefficient (Wildman–Crippen LogP) is -0.177. The largest absolute Gasteiger partial charge is 0.474 e. The number of aromatic nitrogens is 1. The minimum Gasteiger partial charge on any atom is -0.474 e. The third-order valence-corrected chi connectivity index (χ3v) is 6.63. The molecule has 0 bridgehead atoms. The van der Waals surface area contributed by atoms with Crippen molar-refractivity contribution in [2.75, 3.05) is 26.2 Å². The fraction of sp³-hybridized carbons (Fsp3) is 0.318. The maximum atomic E-state index is 13.0. The van der Waals surface area contributed by atoms with E-state index in [0.717, 1.165) is 6.54 Å². The number of rotatable bonds is 12. The molecule has 2 aliphatic rings. The zero-order valence-electron chi connectivity index (χ0n) is 19.0. The molecule has 14 heteroatoms. The third kappa shape index (κ3) is 6.34. The highest BCUT2D eigenvalue weighted by molar-refractivity contribution is 7.89. The number of benzene rings is 1. The summed E-state index contributed by atoms with van der Waals surface area (Å²) >= 11 is 0. The number of nitrogens with zero attached hydrogens (tertiary/aromatic N) is 3. The molecule has 2 aliphatic heterocycles. The van der Waals surface area contributed by atoms with Crippen molar-refractivity contribution in [1.29, 1.82) is 0 Å². The van der Waals surface area contributed by atoms with E-state index in [4.69, 9.17) is 14.0 Å². The van der Waals surface area contributed by atoms with Gasteiger partial charge in [0.25, 0.3) is 5.88 Å². The first-order valence-corrected chi connectivity index (χ1v) is 12.5. The number of carbonyl (C=O) groups is 2. The van der Waals surface area contributed by atoms with Gasteiger partial charge in [0.2, 0.25) is 10.0 Å². The van der Waals surface area contributed by atoms with E-state index in [1.807, 2.05) is 0 Å². The van der Waals surface area contributed by atoms with Crippen molar-refractivity contribution in [1.82, 2.24) is 20.5 Å². The van der Waals surface area contributed by atoms with Crippen LogP contribution in [0.4, 0.5) is 0 Å². The SMILES string of the molecule is O=CC1(CC(NS(=O)(=O)c2ccccc2)C(=O)Oc2cc(OCCNC3=NCCN3)no2)C=CC=N1. The van der Waals surface area contributed by atoms with Crippen molar-refractivity contribution in [2.24, 2.45) is 9.98 Å². The molecular formula is C22H24N6O7S. The second-order valence-electron chi connectivity index (χ2n) is 7.78. The fourth-order valence-electron chi connectivity index (χ4n) is 3.40. The lowest BCUT2D eigenvalue weighted by atomic mass is 9.94. The van der Waals surface area contributed by atoms with Crippen molar-refractivity contribution in [2.45, 2.75) is 22.9 Å². The Morgan fingerprint density at radius 2 is 2.14 bits per heavy atom. The maximum Gasteiger partial charge on any atom is 0.332 e. The van der Waals surface area contributed by atoms with E-state index < -0.39 is 27.6 Å². The number of allylic oxidation sites excluding steroid dienone is 1. The number of guanidine groups is 1. The molecule has 2 atom stereocenters. The van der Waals surface area contributed by atoms with E-state index in [0.29, 0.717) is 25.3 Å². The summed E-state index contributed by atoms with van der Waals surface area (Å²) in [7, 11) is -4.13. The van der Waals surface area contributed by atoms with Gasteiger partial charge in [-0.2, -0.15) is 4.72 Å². The zero-order valence-corrected chi connectivity index (χ0v) is 19.8. The van der Waals surface area contributed by atoms with Crippen LogP contribution in [0.3, 0.4) is 0 Å². The first kappa shape index (κ1) is 25.1. The molecule has 3 N–H and O–H groups in total. The molecule has 0 saturated heterocycles. The van der Waals surface area contributed by atoms with Gasteiger partial charge in [0.05, 0.1) is 24.1 Å². The molecule has 36 heavy (non-hydrogen) atoms. The normalized spacial score (nSPS) is 19.4. The fourth-order valence-corrected chi connectivity index (χ4v) is 4.61. The molecule has 1 aromatic heterocycles. The molecule has 1 aromatic carbocycles. The first-order chi connectivity index (χ1) is 17.4. The van der Waals surface area contributed by atoms with Crippen LogP contribution >= 0.6 is 0 Å². The van der Waals surface area contributed by atoms with Gasteiger partial charge in [-0.1, -0.05) is 18.2 Å². The number of ether oxygens (including phenoxy) is 2. The highest BCUT2D eigenvalue weighted by atomic mass is 32.2. The van der Waals surface area contributed by atoms with Gasteiger partial charge >= 0.3 is 11.9 Å². The molecular weight excluding hydrogens is 492 g/mol. The zero-order chi connectivity index (χ0) is 25.4. The van der Waals surface area contributed by atoms with Gasteiger partial charge in [-0.3, -0.25) is 9.98 Å². The molecule has 0 fully saturated rings. The van der Waals surface area contributed by atoms with E-state index in [-0.39, 0.29) is 29.7 Å². The molecule has 0 spiro atoms. The Morgan fingerprint density at radius 3 is 2.83 bits per heavy atom. The van der Waals surface area contributed by atoms with Crippen LogP contribution in [-0.4, -0.2) is 75.8 Å². The Hall–Kier alpha value is -4.04. The monoisotopic (exact) mass is 516 g/mol. The van der Waals surface area contributed by atoms with Crippen LogP contribution in [0.25, 0.3) is 0 Å². The summed E-state index contributed by atoms with van der Waals surface area (Å²) in [6.45, 7) is 2.16. The molecule has 190 valence electrons. The molecule has 0 aliphatic carbocycles. The number of carbonyl (C=O) groups excluding carboxylic acids is 2. The van der Waals surface area contributed by atoms with Crippen LogP contribution in [0.5, 0.6) is 11.8 Å². The predicted molar refractivity (Wildman–Crippen MR) is 128 cm³/mol. The van der Waals surface area contributed by atoms with Gasteiger partial charge in [-0.05, 0) is 29.4 Å². The number of hydrogen-bond acceptors (Lipinski definition) is 12. The molecule has 2 unspecified atom stereocenters. The second kappa shape index (κ2) is 11.1. The Bertz CT molecular complexity index is 1260. The molecule has 0 radical (unpaired) electrons. The van der Waals surface area contributed by atoms with Gasteiger partial charge in [0.15, 0.2) is 12.2 Å². The summed E-state index contributed by atoms with van der Waals surface area (Å²) in [5.74, 6) is -0.567. The van der Waals surface area contributed by atoms with Gasteiger partial charge < -0.3 is 29.4 Å². The van der Waals surface area contributed by atoms with E-state index in [1.165, 1.54) is 36.6 Å². The molecule has 4 rings (SSSR count). The Kier molecular flexibility index (Phi) is 7.75. The molecule has 2 aromatic rings. The second-order valence-corrected chi connectivity index (χ2v) is 9.49. The number of aldehydes is 1. The lowest BCUT2D eigenvalue weighted by Gasteiger charge is -2.23. The van der Waals surface area contributed by atoms with Gasteiger partial charge in [-0.25, -0.2) is 13.2 Å². The number of aliphatic imine (C=N–C) groups is 2. The van der Waals surface area contributed by atoms with Crippen LogP contribution in [0.1, 0.15) is 6.42 Å². The maximum absolute atomic E-state index is 13.0. The van der Waals surface area contributed by atoms with E-state index in [1.54, 1.807) is 18.2 Å². The lowest BCUT2D eigenvalue weighted by molar-refractivity contribution is -0.138. The van der Waals surface area contributed by atoms with Crippen molar-refractivity contribution < 1.29 is 32.0 Å². The summed E-state index contributed by atoms with van der Waals surface area (Å²) < 4.78 is 43.7. The Balaban J connectivity index is 1.41. The number of sulfonamides is 1. The van der Waals surface area contributed by atoms with E-state index >= 15 is 0 Å². The molecule has 13 nitrogen and oxygen atoms in total. The highest BCUT2D eigenvalue weighted by Crippen LogP contribution is 2.24. The van der Waals surface area contributed by atoms with Crippen LogP contribution in [0.15, 0.2) is 68.0 Å². The van der Waals surface area contributed by atoms with Gasteiger partial charge in [0.1, 0.15) is 18.2 Å². The van der Waals surface area contributed by atoms with Crippen molar-refractivity contribution in [3.05, 3.63) is 48.6 Å². The minimum absolute atomic E-state index is 0.0591. The highest BCUT2D eigenvalue weighted by Gasteiger charge is 2.38. The van der Waals surface area contributed by atoms with Crippen LogP contribution in [0.2, 0.25) is 0 Å². The topological polar surface area (TPSA) is 174 Å². The minimum atomic E-state index is -4.13. The van der Waals surface area contributed by atoms with E-state index in [2.05, 4.69) is 30.5 Å². The number of hydrogen-bond donors (Lipinski definition) is 3. The van der Waals surface area contributed by atoms with Crippen molar-refractivity contribution in [3.63, 3.8) is 0 Å². The molecule has 3 heterocycles. The average molecular weight is 517 g/mol. The van der Waals surface area contributed by atoms with Gasteiger partial charge in [-0.15, -0.1) is 0 Å². The van der Waals surface area contributed by atoms with Crippen LogP contribution in [-0.2, 0) is 19.6 Å². The smallest absolute Gasteiger partial charge is 0.332 e. The average Bonchev–Trinajstić information content (AvgIpc) is 3.65. The lowest BCUT2D eigenvalue weighted by Crippen LogP contribution is -2.47. The van der Waals surface area contributed by atoms with Crippen LogP contribution in [0, 0.1) is 0 Å². The number of esters is 1. The third-order valence-electron chi connectivity index (χ3n) is 5.14. The quantitative estimate of drug-likeness (QED) is 0.195. The summed E-state index contributed by atoms with van der Waals surface area (Å²) in [4.78, 5) is 32.9. The summed E-state index contributed by atoms with van der Waals surface area (Å²) in [6, 6.07) is 7.26. The summed E-state index contributed by atoms with van der Waals surface area (Å²) in [5, 5.41) is 9.78. The first-order valence-electron chi connectivity index (χ1n) is 11.0. The van der Waals surface area contributed by atoms with E-state index in [9.17, 15) is 18.0 Å². The Morgan fingerprint density at radius 1 is 1.31 bits per heavy atom. The number of nitrogens with one attached hydrogen (secondary N) is 3. The standard InChI is InChI=1S/C22H24N6O7S/c29-15-22(7-4-8-26-22)14-17(28-36(31,32)16-5-2-1-3-6-16)20(30)34-19-13-18(27-35-19)33-12-11-25-21-23-9-10-24-21/h1-8,13,15,17,28H,9-12,14H2,(H2,23,24,25). The summed E-state index contributed by atoms with van der Waals surface area (Å²) in [5.41, 5.74) is -1.41. The van der Waals surface area contributed by atoms with Crippen LogP contribution < -0.4 is 24.8 Å². The van der Waals surface area contributed by atoms with Crippen molar-refractivity contribution in [3.8, 4) is 11.8 Å². The molecule has 0 saturated carbocycles.